The van der Waals surface area contributed by atoms with Crippen molar-refractivity contribution in [3.8, 4) is 5.75 Å². The molecule has 2 aromatic carbocycles. The van der Waals surface area contributed by atoms with Crippen LogP contribution in [0.5, 0.6) is 5.75 Å². The van der Waals surface area contributed by atoms with Crippen molar-refractivity contribution in [1.29, 1.82) is 0 Å². The average molecular weight is 390 g/mol. The van der Waals surface area contributed by atoms with Gasteiger partial charge in [0, 0.05) is 37.6 Å². The molecule has 1 saturated heterocycles. The summed E-state index contributed by atoms with van der Waals surface area (Å²) in [5.41, 5.74) is 4.57. The normalized spacial score (nSPS) is 14.0. The highest BCUT2D eigenvalue weighted by molar-refractivity contribution is 5.63. The van der Waals surface area contributed by atoms with Gasteiger partial charge in [0.05, 0.1) is 13.3 Å². The van der Waals surface area contributed by atoms with Gasteiger partial charge in [-0.3, -0.25) is 0 Å². The Morgan fingerprint density at radius 2 is 1.55 bits per heavy atom. The number of nitrogens with zero attached hydrogens (tertiary/aromatic N) is 5. The zero-order valence-corrected chi connectivity index (χ0v) is 17.1. The second-order valence-corrected chi connectivity index (χ2v) is 7.20. The summed E-state index contributed by atoms with van der Waals surface area (Å²) in [4.78, 5) is 9.33. The van der Waals surface area contributed by atoms with Gasteiger partial charge in [-0.25, -0.2) is 0 Å². The third-order valence-electron chi connectivity index (χ3n) is 5.31. The summed E-state index contributed by atoms with van der Waals surface area (Å²) in [5, 5.41) is 11.7. The van der Waals surface area contributed by atoms with Crippen LogP contribution in [0.1, 0.15) is 11.1 Å². The number of benzene rings is 2. The van der Waals surface area contributed by atoms with E-state index in [0.717, 1.165) is 54.6 Å². The van der Waals surface area contributed by atoms with Gasteiger partial charge in [0.1, 0.15) is 5.75 Å². The molecule has 0 spiro atoms. The lowest BCUT2D eigenvalue weighted by molar-refractivity contribution is 0.415. The Balaban J connectivity index is 1.43. The second kappa shape index (κ2) is 8.34. The largest absolute Gasteiger partial charge is 0.497 e. The Bertz CT molecular complexity index is 947. The van der Waals surface area contributed by atoms with E-state index < -0.39 is 0 Å². The topological polar surface area (TPSA) is 66.4 Å². The van der Waals surface area contributed by atoms with E-state index in [1.165, 1.54) is 5.69 Å². The first-order valence-corrected chi connectivity index (χ1v) is 9.81. The van der Waals surface area contributed by atoms with Crippen molar-refractivity contribution in [2.24, 2.45) is 0 Å². The standard InChI is InChI=1S/C22H26N6O/c1-16-5-4-6-17(2)21(16)25-22-24-20(15-23-26-22)28-13-11-27(12-14-28)18-7-9-19(29-3)10-8-18/h4-10,15H,11-14H2,1-3H3,(H,24,25,26). The highest BCUT2D eigenvalue weighted by atomic mass is 16.5. The van der Waals surface area contributed by atoms with E-state index in [2.05, 4.69) is 63.4 Å². The van der Waals surface area contributed by atoms with E-state index in [0.29, 0.717) is 5.95 Å². The number of methoxy groups -OCH3 is 1. The summed E-state index contributed by atoms with van der Waals surface area (Å²) in [6.45, 7) is 7.77. The predicted molar refractivity (Wildman–Crippen MR) is 116 cm³/mol. The minimum atomic E-state index is 0.525. The fourth-order valence-corrected chi connectivity index (χ4v) is 3.61. The van der Waals surface area contributed by atoms with Gasteiger partial charge in [0.25, 0.3) is 0 Å². The Kier molecular flexibility index (Phi) is 5.46. The van der Waals surface area contributed by atoms with Crippen molar-refractivity contribution in [1.82, 2.24) is 15.2 Å². The number of para-hydroxylation sites is 1. The molecule has 150 valence electrons. The summed E-state index contributed by atoms with van der Waals surface area (Å²) < 4.78 is 5.25. The molecule has 0 aliphatic carbocycles. The third kappa shape index (κ3) is 4.23. The van der Waals surface area contributed by atoms with Crippen LogP contribution in [0.25, 0.3) is 0 Å². The van der Waals surface area contributed by atoms with Crippen LogP contribution in [0.2, 0.25) is 0 Å². The molecule has 4 rings (SSSR count). The molecule has 0 unspecified atom stereocenters. The third-order valence-corrected chi connectivity index (χ3v) is 5.31. The van der Waals surface area contributed by atoms with Crippen molar-refractivity contribution < 1.29 is 4.74 Å². The van der Waals surface area contributed by atoms with Gasteiger partial charge in [-0.2, -0.15) is 10.1 Å². The molecule has 1 aliphatic heterocycles. The Hall–Kier alpha value is -3.35. The van der Waals surface area contributed by atoms with E-state index in [1.54, 1.807) is 13.3 Å². The molecule has 1 aromatic heterocycles. The first-order chi connectivity index (χ1) is 14.1. The minimum absolute atomic E-state index is 0.525. The van der Waals surface area contributed by atoms with Gasteiger partial charge in [-0.05, 0) is 49.2 Å². The first kappa shape index (κ1) is 19.0. The molecule has 1 aliphatic rings. The lowest BCUT2D eigenvalue weighted by Gasteiger charge is -2.36. The molecule has 7 heteroatoms. The summed E-state index contributed by atoms with van der Waals surface area (Å²) in [7, 11) is 1.69. The minimum Gasteiger partial charge on any atom is -0.497 e. The average Bonchev–Trinajstić information content (AvgIpc) is 2.77. The number of rotatable bonds is 5. The fourth-order valence-electron chi connectivity index (χ4n) is 3.61. The van der Waals surface area contributed by atoms with Crippen LogP contribution >= 0.6 is 0 Å². The van der Waals surface area contributed by atoms with Crippen molar-refractivity contribution in [2.45, 2.75) is 13.8 Å². The summed E-state index contributed by atoms with van der Waals surface area (Å²) in [6, 6.07) is 14.4. The van der Waals surface area contributed by atoms with Gasteiger partial charge in [-0.1, -0.05) is 18.2 Å². The molecule has 29 heavy (non-hydrogen) atoms. The molecule has 3 aromatic rings. The van der Waals surface area contributed by atoms with Crippen molar-refractivity contribution in [3.05, 3.63) is 59.8 Å². The summed E-state index contributed by atoms with van der Waals surface area (Å²) in [6.07, 6.45) is 1.74. The first-order valence-electron chi connectivity index (χ1n) is 9.81. The van der Waals surface area contributed by atoms with E-state index >= 15 is 0 Å². The van der Waals surface area contributed by atoms with Crippen molar-refractivity contribution >= 4 is 23.1 Å². The van der Waals surface area contributed by atoms with Crippen molar-refractivity contribution in [3.63, 3.8) is 0 Å². The Morgan fingerprint density at radius 3 is 2.21 bits per heavy atom. The molecular formula is C22H26N6O. The van der Waals surface area contributed by atoms with Crippen LogP contribution in [0, 0.1) is 13.8 Å². The monoisotopic (exact) mass is 390 g/mol. The van der Waals surface area contributed by atoms with Gasteiger partial charge >= 0.3 is 0 Å². The molecule has 7 nitrogen and oxygen atoms in total. The molecule has 0 saturated carbocycles. The molecular weight excluding hydrogens is 364 g/mol. The number of nitrogens with one attached hydrogen (secondary N) is 1. The SMILES string of the molecule is COc1ccc(N2CCN(c3cnnc(Nc4c(C)cccc4C)n3)CC2)cc1. The molecule has 0 atom stereocenters. The molecule has 2 heterocycles. The number of hydrogen-bond acceptors (Lipinski definition) is 7. The van der Waals surface area contributed by atoms with E-state index in [-0.39, 0.29) is 0 Å². The maximum atomic E-state index is 5.25. The smallest absolute Gasteiger partial charge is 0.249 e. The zero-order chi connectivity index (χ0) is 20.2. The van der Waals surface area contributed by atoms with Gasteiger partial charge in [-0.15, -0.1) is 5.10 Å². The van der Waals surface area contributed by atoms with Crippen LogP contribution in [0.4, 0.5) is 23.1 Å². The fraction of sp³-hybridized carbons (Fsp3) is 0.318. The van der Waals surface area contributed by atoms with Crippen LogP contribution < -0.4 is 19.9 Å². The lowest BCUT2D eigenvalue weighted by Crippen LogP contribution is -2.46. The Labute approximate surface area is 171 Å². The van der Waals surface area contributed by atoms with E-state index in [1.807, 2.05) is 18.2 Å². The number of anilines is 4. The highest BCUT2D eigenvalue weighted by Crippen LogP contribution is 2.24. The number of hydrogen-bond donors (Lipinski definition) is 1. The zero-order valence-electron chi connectivity index (χ0n) is 17.1. The van der Waals surface area contributed by atoms with E-state index in [9.17, 15) is 0 Å². The number of aromatic nitrogens is 3. The van der Waals surface area contributed by atoms with Gasteiger partial charge in [0.15, 0.2) is 5.82 Å². The highest BCUT2D eigenvalue weighted by Gasteiger charge is 2.19. The second-order valence-electron chi connectivity index (χ2n) is 7.20. The van der Waals surface area contributed by atoms with E-state index in [4.69, 9.17) is 9.72 Å². The van der Waals surface area contributed by atoms with Gasteiger partial charge < -0.3 is 19.9 Å². The quantitative estimate of drug-likeness (QED) is 0.714. The van der Waals surface area contributed by atoms with Crippen LogP contribution in [0.3, 0.4) is 0 Å². The van der Waals surface area contributed by atoms with Crippen LogP contribution in [-0.2, 0) is 0 Å². The molecule has 1 N–H and O–H groups in total. The number of piperazine rings is 1. The predicted octanol–water partition coefficient (Wildman–Crippen LogP) is 3.57. The molecule has 0 amide bonds. The van der Waals surface area contributed by atoms with Crippen molar-refractivity contribution in [2.75, 3.05) is 48.4 Å². The van der Waals surface area contributed by atoms with Gasteiger partial charge in [0.2, 0.25) is 5.95 Å². The Morgan fingerprint density at radius 1 is 0.897 bits per heavy atom. The number of ether oxygens (including phenoxy) is 1. The summed E-state index contributed by atoms with van der Waals surface area (Å²) >= 11 is 0. The van der Waals surface area contributed by atoms with Crippen LogP contribution in [-0.4, -0.2) is 48.5 Å². The van der Waals surface area contributed by atoms with Crippen LogP contribution in [0.15, 0.2) is 48.7 Å². The summed E-state index contributed by atoms with van der Waals surface area (Å²) in [5.74, 6) is 2.25. The maximum absolute atomic E-state index is 5.25. The number of aryl methyl sites for hydroxylation is 2. The molecule has 1 fully saturated rings. The lowest BCUT2D eigenvalue weighted by atomic mass is 10.1. The molecule has 0 bridgehead atoms. The molecule has 0 radical (unpaired) electrons. The maximum Gasteiger partial charge on any atom is 0.249 e.